The van der Waals surface area contributed by atoms with E-state index in [1.165, 1.54) is 12.4 Å². The number of carbonyl (C=O) groups is 3. The molecule has 0 aliphatic carbocycles. The number of carbonyl (C=O) groups excluding carboxylic acids is 3. The molecule has 0 aliphatic heterocycles. The number of nitrogens with zero attached hydrogens (tertiary/aromatic N) is 1. The van der Waals surface area contributed by atoms with Crippen LogP contribution in [0.4, 0.5) is 0 Å². The molecule has 2 N–H and O–H groups in total. The first-order valence-corrected chi connectivity index (χ1v) is 3.87. The summed E-state index contributed by atoms with van der Waals surface area (Å²) in [5, 5.41) is 0. The molecular formula is C9H8N2O3. The van der Waals surface area contributed by atoms with Gasteiger partial charge in [-0.1, -0.05) is 0 Å². The largest absolute Gasteiger partial charge is 0.363 e. The molecule has 0 radical (unpaired) electrons. The number of hydrogen-bond donors (Lipinski definition) is 1. The van der Waals surface area contributed by atoms with Crippen LogP contribution in [0.5, 0.6) is 0 Å². The Balaban J connectivity index is 2.67. The van der Waals surface area contributed by atoms with Crippen molar-refractivity contribution in [2.24, 2.45) is 5.73 Å². The van der Waals surface area contributed by atoms with Gasteiger partial charge < -0.3 is 5.73 Å². The molecule has 0 aromatic carbocycles. The van der Waals surface area contributed by atoms with Crippen LogP contribution in [0.3, 0.4) is 0 Å². The van der Waals surface area contributed by atoms with Crippen molar-refractivity contribution in [2.45, 2.75) is 6.42 Å². The van der Waals surface area contributed by atoms with Crippen molar-refractivity contribution < 1.29 is 14.4 Å². The Morgan fingerprint density at radius 3 is 2.29 bits per heavy atom. The summed E-state index contributed by atoms with van der Waals surface area (Å²) in [7, 11) is 0. The number of nitrogens with two attached hydrogens (primary N) is 1. The Kier molecular flexibility index (Phi) is 3.06. The van der Waals surface area contributed by atoms with E-state index in [2.05, 4.69) is 10.7 Å². The lowest BCUT2D eigenvalue weighted by Gasteiger charge is -1.96. The van der Waals surface area contributed by atoms with Gasteiger partial charge in [-0.15, -0.1) is 0 Å². The Hall–Kier alpha value is -2.04. The fourth-order valence-electron chi connectivity index (χ4n) is 0.904. The van der Waals surface area contributed by atoms with Gasteiger partial charge in [0, 0.05) is 18.8 Å². The van der Waals surface area contributed by atoms with Gasteiger partial charge in [-0.25, -0.2) is 0 Å². The molecule has 1 aromatic rings. The molecule has 0 saturated heterocycles. The van der Waals surface area contributed by atoms with Gasteiger partial charge in [-0.05, 0) is 17.7 Å². The highest BCUT2D eigenvalue weighted by Crippen LogP contribution is 1.98. The van der Waals surface area contributed by atoms with Gasteiger partial charge in [0.15, 0.2) is 0 Å². The standard InChI is InChI=1S/C9H8N2O3/c10-9(14)8(13)7(12)5-6-1-3-11-4-2-6/h1-4H,5H2,(H2,10,14). The predicted octanol–water partition coefficient (Wildman–Crippen LogP) is -0.752. The molecule has 1 amide bonds. The summed E-state index contributed by atoms with van der Waals surface area (Å²) >= 11 is 0. The lowest BCUT2D eigenvalue weighted by atomic mass is 10.1. The van der Waals surface area contributed by atoms with Gasteiger partial charge in [-0.2, -0.15) is 0 Å². The molecule has 0 aliphatic rings. The lowest BCUT2D eigenvalue weighted by Crippen LogP contribution is -2.31. The van der Waals surface area contributed by atoms with Crippen molar-refractivity contribution in [3.8, 4) is 0 Å². The van der Waals surface area contributed by atoms with Crippen molar-refractivity contribution in [2.75, 3.05) is 0 Å². The van der Waals surface area contributed by atoms with Crippen LogP contribution in [-0.2, 0) is 20.8 Å². The van der Waals surface area contributed by atoms with Crippen molar-refractivity contribution >= 4 is 17.5 Å². The summed E-state index contributed by atoms with van der Waals surface area (Å²) in [6.07, 6.45) is 2.87. The Morgan fingerprint density at radius 1 is 1.21 bits per heavy atom. The van der Waals surface area contributed by atoms with Crippen LogP contribution < -0.4 is 5.73 Å². The number of rotatable bonds is 4. The molecule has 5 heteroatoms. The van der Waals surface area contributed by atoms with Gasteiger partial charge in [-0.3, -0.25) is 19.4 Å². The average molecular weight is 192 g/mol. The molecule has 0 fully saturated rings. The third kappa shape index (κ3) is 2.48. The molecule has 5 nitrogen and oxygen atoms in total. The minimum atomic E-state index is -1.22. The molecule has 14 heavy (non-hydrogen) atoms. The Morgan fingerprint density at radius 2 is 1.79 bits per heavy atom. The van der Waals surface area contributed by atoms with E-state index in [4.69, 9.17) is 0 Å². The fraction of sp³-hybridized carbons (Fsp3) is 0.111. The van der Waals surface area contributed by atoms with Crippen molar-refractivity contribution in [1.82, 2.24) is 4.98 Å². The molecule has 72 valence electrons. The maximum absolute atomic E-state index is 11.1. The number of ketones is 2. The highest BCUT2D eigenvalue weighted by Gasteiger charge is 2.19. The zero-order valence-corrected chi connectivity index (χ0v) is 7.27. The maximum atomic E-state index is 11.1. The predicted molar refractivity (Wildman–Crippen MR) is 47.1 cm³/mol. The molecule has 1 heterocycles. The molecule has 0 spiro atoms. The second-order valence-corrected chi connectivity index (χ2v) is 2.65. The first kappa shape index (κ1) is 10.0. The zero-order valence-electron chi connectivity index (χ0n) is 7.27. The number of aromatic nitrogens is 1. The van der Waals surface area contributed by atoms with Gasteiger partial charge in [0.05, 0.1) is 0 Å². The summed E-state index contributed by atoms with van der Waals surface area (Å²) in [4.78, 5) is 36.0. The topological polar surface area (TPSA) is 90.1 Å². The van der Waals surface area contributed by atoms with Crippen LogP contribution in [-0.4, -0.2) is 22.5 Å². The van der Waals surface area contributed by atoms with Crippen molar-refractivity contribution in [1.29, 1.82) is 0 Å². The number of primary amides is 1. The summed E-state index contributed by atoms with van der Waals surface area (Å²) < 4.78 is 0. The Labute approximate surface area is 79.9 Å². The highest BCUT2D eigenvalue weighted by atomic mass is 16.2. The van der Waals surface area contributed by atoms with Gasteiger partial charge in [0.2, 0.25) is 5.78 Å². The molecule has 0 atom stereocenters. The molecule has 1 rings (SSSR count). The van der Waals surface area contributed by atoms with Crippen LogP contribution >= 0.6 is 0 Å². The van der Waals surface area contributed by atoms with E-state index in [-0.39, 0.29) is 6.42 Å². The molecule has 0 saturated carbocycles. The fourth-order valence-corrected chi connectivity index (χ4v) is 0.904. The van der Waals surface area contributed by atoms with Crippen LogP contribution in [0.1, 0.15) is 5.56 Å². The Bertz CT molecular complexity index is 373. The minimum Gasteiger partial charge on any atom is -0.363 e. The number of amides is 1. The molecular weight excluding hydrogens is 184 g/mol. The first-order chi connectivity index (χ1) is 6.61. The van der Waals surface area contributed by atoms with Crippen LogP contribution in [0.15, 0.2) is 24.5 Å². The number of Topliss-reactive ketones (excluding diaryl/α,β-unsaturated/α-hetero) is 2. The third-order valence-electron chi connectivity index (χ3n) is 1.59. The van der Waals surface area contributed by atoms with E-state index in [9.17, 15) is 14.4 Å². The van der Waals surface area contributed by atoms with E-state index in [0.717, 1.165) is 0 Å². The number of pyridine rings is 1. The van der Waals surface area contributed by atoms with Crippen molar-refractivity contribution in [3.63, 3.8) is 0 Å². The summed E-state index contributed by atoms with van der Waals surface area (Å²) in [5.74, 6) is -3.19. The lowest BCUT2D eigenvalue weighted by molar-refractivity contribution is -0.143. The SMILES string of the molecule is NC(=O)C(=O)C(=O)Cc1ccncc1. The van der Waals surface area contributed by atoms with Gasteiger partial charge in [0.25, 0.3) is 11.7 Å². The van der Waals surface area contributed by atoms with Gasteiger partial charge >= 0.3 is 0 Å². The first-order valence-electron chi connectivity index (χ1n) is 3.87. The maximum Gasteiger partial charge on any atom is 0.293 e. The second kappa shape index (κ2) is 4.27. The minimum absolute atomic E-state index is 0.121. The molecule has 1 aromatic heterocycles. The highest BCUT2D eigenvalue weighted by molar-refractivity contribution is 6.63. The monoisotopic (exact) mass is 192 g/mol. The third-order valence-corrected chi connectivity index (χ3v) is 1.59. The summed E-state index contributed by atoms with van der Waals surface area (Å²) in [6, 6.07) is 3.18. The molecule has 0 bridgehead atoms. The van der Waals surface area contributed by atoms with Gasteiger partial charge in [0.1, 0.15) is 0 Å². The van der Waals surface area contributed by atoms with E-state index in [1.54, 1.807) is 12.1 Å². The second-order valence-electron chi connectivity index (χ2n) is 2.65. The van der Waals surface area contributed by atoms with Crippen LogP contribution in [0, 0.1) is 0 Å². The van der Waals surface area contributed by atoms with E-state index in [0.29, 0.717) is 5.56 Å². The summed E-state index contributed by atoms with van der Waals surface area (Å²) in [5.41, 5.74) is 5.29. The average Bonchev–Trinajstić information content (AvgIpc) is 2.18. The van der Waals surface area contributed by atoms with Crippen LogP contribution in [0.2, 0.25) is 0 Å². The van der Waals surface area contributed by atoms with Crippen LogP contribution in [0.25, 0.3) is 0 Å². The molecule has 0 unspecified atom stereocenters. The van der Waals surface area contributed by atoms with E-state index in [1.807, 2.05) is 0 Å². The quantitative estimate of drug-likeness (QED) is 0.502. The van der Waals surface area contributed by atoms with Crippen molar-refractivity contribution in [3.05, 3.63) is 30.1 Å². The smallest absolute Gasteiger partial charge is 0.293 e. The number of hydrogen-bond acceptors (Lipinski definition) is 4. The zero-order chi connectivity index (χ0) is 10.6. The summed E-state index contributed by atoms with van der Waals surface area (Å²) in [6.45, 7) is 0. The van der Waals surface area contributed by atoms with E-state index < -0.39 is 17.5 Å². The normalized spacial score (nSPS) is 9.43. The van der Waals surface area contributed by atoms with E-state index >= 15 is 0 Å².